The molecule has 1 atom stereocenters. The zero-order valence-corrected chi connectivity index (χ0v) is 12.8. The summed E-state index contributed by atoms with van der Waals surface area (Å²) >= 11 is 0. The minimum atomic E-state index is -0.0458. The van der Waals surface area contributed by atoms with Crippen molar-refractivity contribution in [2.24, 2.45) is 0 Å². The molecule has 1 fully saturated rings. The Hall–Kier alpha value is -2.43. The number of aromatic nitrogens is 2. The molecule has 2 heterocycles. The number of carbonyl (C=O) groups is 1. The molecule has 0 unspecified atom stereocenters. The van der Waals surface area contributed by atoms with Crippen molar-refractivity contribution in [1.82, 2.24) is 14.9 Å². The van der Waals surface area contributed by atoms with E-state index in [1.54, 1.807) is 6.92 Å². The lowest BCUT2D eigenvalue weighted by atomic mass is 10.2. The van der Waals surface area contributed by atoms with E-state index in [2.05, 4.69) is 9.97 Å². The highest BCUT2D eigenvalue weighted by Crippen LogP contribution is 2.31. The van der Waals surface area contributed by atoms with Crippen LogP contribution in [0.3, 0.4) is 0 Å². The summed E-state index contributed by atoms with van der Waals surface area (Å²) < 4.78 is 5.80. The highest BCUT2D eigenvalue weighted by atomic mass is 16.5. The molecular weight excluding hydrogens is 278 g/mol. The number of likely N-dealkylation sites (tertiary alicyclic amines) is 1. The van der Waals surface area contributed by atoms with Gasteiger partial charge < -0.3 is 9.64 Å². The predicted molar refractivity (Wildman–Crippen MR) is 82.6 cm³/mol. The van der Waals surface area contributed by atoms with Gasteiger partial charge in [-0.15, -0.1) is 0 Å². The maximum atomic E-state index is 11.7. The molecule has 0 saturated carbocycles. The third-order valence-corrected chi connectivity index (χ3v) is 3.77. The van der Waals surface area contributed by atoms with Gasteiger partial charge in [0.1, 0.15) is 5.75 Å². The molecule has 22 heavy (non-hydrogen) atoms. The molecule has 1 aliphatic rings. The fourth-order valence-corrected chi connectivity index (χ4v) is 2.78. The van der Waals surface area contributed by atoms with Gasteiger partial charge in [-0.3, -0.25) is 4.79 Å². The largest absolute Gasteiger partial charge is 0.439 e. The van der Waals surface area contributed by atoms with Gasteiger partial charge in [-0.1, -0.05) is 18.2 Å². The Morgan fingerprint density at radius 1 is 1.27 bits per heavy atom. The SMILES string of the molecule is CC(=O)N1CCC[C@H]1c1nc(C)cc(Oc2ccccc2)n1. The van der Waals surface area contributed by atoms with Crippen LogP contribution in [0.4, 0.5) is 0 Å². The van der Waals surface area contributed by atoms with Crippen molar-refractivity contribution in [3.63, 3.8) is 0 Å². The molecule has 1 aromatic carbocycles. The second kappa shape index (κ2) is 6.13. The monoisotopic (exact) mass is 297 g/mol. The zero-order valence-electron chi connectivity index (χ0n) is 12.8. The molecule has 2 aromatic rings. The lowest BCUT2D eigenvalue weighted by Gasteiger charge is -2.22. The van der Waals surface area contributed by atoms with Gasteiger partial charge in [-0.2, -0.15) is 4.98 Å². The molecule has 114 valence electrons. The molecule has 1 aliphatic heterocycles. The minimum Gasteiger partial charge on any atom is -0.439 e. The van der Waals surface area contributed by atoms with Gasteiger partial charge in [0.25, 0.3) is 0 Å². The summed E-state index contributed by atoms with van der Waals surface area (Å²) in [6.45, 7) is 4.28. The van der Waals surface area contributed by atoms with Crippen LogP contribution in [0.5, 0.6) is 11.6 Å². The van der Waals surface area contributed by atoms with Crippen LogP contribution in [0.15, 0.2) is 36.4 Å². The molecule has 1 aromatic heterocycles. The number of amides is 1. The molecule has 1 amide bonds. The molecule has 5 nitrogen and oxygen atoms in total. The van der Waals surface area contributed by atoms with E-state index >= 15 is 0 Å². The Morgan fingerprint density at radius 2 is 2.05 bits per heavy atom. The molecule has 5 heteroatoms. The average molecular weight is 297 g/mol. The van der Waals surface area contributed by atoms with Crippen molar-refractivity contribution in [2.75, 3.05) is 6.54 Å². The topological polar surface area (TPSA) is 55.3 Å². The van der Waals surface area contributed by atoms with E-state index in [-0.39, 0.29) is 11.9 Å². The Morgan fingerprint density at radius 3 is 2.77 bits per heavy atom. The van der Waals surface area contributed by atoms with Crippen LogP contribution < -0.4 is 4.74 Å². The second-order valence-electron chi connectivity index (χ2n) is 5.49. The Bertz CT molecular complexity index is 673. The predicted octanol–water partition coefficient (Wildman–Crippen LogP) is 3.26. The first-order valence-corrected chi connectivity index (χ1v) is 7.49. The van der Waals surface area contributed by atoms with Gasteiger partial charge in [-0.05, 0) is 31.9 Å². The van der Waals surface area contributed by atoms with Crippen molar-refractivity contribution in [3.05, 3.63) is 47.9 Å². The molecule has 3 rings (SSSR count). The molecule has 0 aliphatic carbocycles. The Kier molecular flexibility index (Phi) is 4.04. The first kappa shape index (κ1) is 14.5. The van der Waals surface area contributed by atoms with E-state index in [4.69, 9.17) is 4.74 Å². The van der Waals surface area contributed by atoms with Crippen LogP contribution in [0.25, 0.3) is 0 Å². The van der Waals surface area contributed by atoms with E-state index < -0.39 is 0 Å². The number of rotatable bonds is 3. The van der Waals surface area contributed by atoms with E-state index in [1.165, 1.54) is 0 Å². The summed E-state index contributed by atoms with van der Waals surface area (Å²) in [5.74, 6) is 1.99. The Balaban J connectivity index is 1.88. The third kappa shape index (κ3) is 3.08. The molecule has 0 bridgehead atoms. The van der Waals surface area contributed by atoms with Gasteiger partial charge in [-0.25, -0.2) is 4.98 Å². The summed E-state index contributed by atoms with van der Waals surface area (Å²) in [5.41, 5.74) is 0.839. The van der Waals surface area contributed by atoms with Crippen molar-refractivity contribution < 1.29 is 9.53 Å². The summed E-state index contributed by atoms with van der Waals surface area (Å²) in [5, 5.41) is 0. The normalized spacial score (nSPS) is 17.5. The van der Waals surface area contributed by atoms with E-state index in [9.17, 15) is 4.79 Å². The van der Waals surface area contributed by atoms with Crippen molar-refractivity contribution in [1.29, 1.82) is 0 Å². The lowest BCUT2D eigenvalue weighted by Crippen LogP contribution is -2.29. The highest BCUT2D eigenvalue weighted by molar-refractivity contribution is 5.74. The number of hydrogen-bond donors (Lipinski definition) is 0. The van der Waals surface area contributed by atoms with Crippen molar-refractivity contribution in [2.45, 2.75) is 32.7 Å². The molecular formula is C17H19N3O2. The summed E-state index contributed by atoms with van der Waals surface area (Å²) in [4.78, 5) is 22.6. The molecule has 0 N–H and O–H groups in total. The Labute approximate surface area is 130 Å². The van der Waals surface area contributed by atoms with Crippen LogP contribution in [0, 0.1) is 6.92 Å². The van der Waals surface area contributed by atoms with Crippen molar-refractivity contribution >= 4 is 5.91 Å². The van der Waals surface area contributed by atoms with Crippen LogP contribution in [-0.4, -0.2) is 27.3 Å². The van der Waals surface area contributed by atoms with Gasteiger partial charge in [0.05, 0.1) is 6.04 Å². The number of nitrogens with zero attached hydrogens (tertiary/aromatic N) is 3. The van der Waals surface area contributed by atoms with Crippen LogP contribution in [0.2, 0.25) is 0 Å². The number of carbonyl (C=O) groups excluding carboxylic acids is 1. The average Bonchev–Trinajstić information content (AvgIpc) is 2.97. The molecule has 0 radical (unpaired) electrons. The maximum Gasteiger partial charge on any atom is 0.222 e. The summed E-state index contributed by atoms with van der Waals surface area (Å²) in [6.07, 6.45) is 1.88. The highest BCUT2D eigenvalue weighted by Gasteiger charge is 2.30. The third-order valence-electron chi connectivity index (χ3n) is 3.77. The number of benzene rings is 1. The van der Waals surface area contributed by atoms with Gasteiger partial charge in [0.2, 0.25) is 11.8 Å². The number of para-hydroxylation sites is 1. The van der Waals surface area contributed by atoms with Crippen molar-refractivity contribution in [3.8, 4) is 11.6 Å². The fourth-order valence-electron chi connectivity index (χ4n) is 2.78. The van der Waals surface area contributed by atoms with E-state index in [0.717, 1.165) is 30.8 Å². The maximum absolute atomic E-state index is 11.7. The van der Waals surface area contributed by atoms with Gasteiger partial charge in [0.15, 0.2) is 5.82 Å². The number of hydrogen-bond acceptors (Lipinski definition) is 4. The first-order valence-electron chi connectivity index (χ1n) is 7.49. The van der Waals surface area contributed by atoms with E-state index in [1.807, 2.05) is 48.2 Å². The zero-order chi connectivity index (χ0) is 15.5. The van der Waals surface area contributed by atoms with Crippen LogP contribution >= 0.6 is 0 Å². The standard InChI is InChI=1S/C17H19N3O2/c1-12-11-16(22-14-7-4-3-5-8-14)19-17(18-12)15-9-6-10-20(15)13(2)21/h3-5,7-8,11,15H,6,9-10H2,1-2H3/t15-/m0/s1. The molecule has 1 saturated heterocycles. The first-order chi connectivity index (χ1) is 10.6. The van der Waals surface area contributed by atoms with Gasteiger partial charge >= 0.3 is 0 Å². The number of aryl methyl sites for hydroxylation is 1. The summed E-state index contributed by atoms with van der Waals surface area (Å²) in [6, 6.07) is 11.3. The van der Waals surface area contributed by atoms with Crippen LogP contribution in [-0.2, 0) is 4.79 Å². The van der Waals surface area contributed by atoms with E-state index in [0.29, 0.717) is 11.7 Å². The second-order valence-corrected chi connectivity index (χ2v) is 5.49. The minimum absolute atomic E-state index is 0.0458. The quantitative estimate of drug-likeness (QED) is 0.872. The smallest absolute Gasteiger partial charge is 0.222 e. The summed E-state index contributed by atoms with van der Waals surface area (Å²) in [7, 11) is 0. The molecule has 0 spiro atoms. The lowest BCUT2D eigenvalue weighted by molar-refractivity contribution is -0.129. The van der Waals surface area contributed by atoms with Crippen LogP contribution in [0.1, 0.15) is 37.3 Å². The number of ether oxygens (including phenoxy) is 1. The fraction of sp³-hybridized carbons (Fsp3) is 0.353. The van der Waals surface area contributed by atoms with Gasteiger partial charge in [0, 0.05) is 25.2 Å².